The molecule has 0 radical (unpaired) electrons. The second-order valence-electron chi connectivity index (χ2n) is 5.21. The van der Waals surface area contributed by atoms with Gasteiger partial charge in [-0.1, -0.05) is 12.1 Å². The molecular formula is C15H23N3O. The molecule has 1 aromatic rings. The molecule has 1 aromatic carbocycles. The Morgan fingerprint density at radius 2 is 2.05 bits per heavy atom. The SMILES string of the molecule is Cc1ccc(C)c(NC(=O)CCN2CCNCC2)c1. The third-order valence-corrected chi connectivity index (χ3v) is 3.53. The molecule has 0 atom stereocenters. The smallest absolute Gasteiger partial charge is 0.225 e. The van der Waals surface area contributed by atoms with Crippen LogP contribution in [0.2, 0.25) is 0 Å². The quantitative estimate of drug-likeness (QED) is 0.864. The Bertz CT molecular complexity index is 439. The van der Waals surface area contributed by atoms with E-state index in [-0.39, 0.29) is 5.91 Å². The van der Waals surface area contributed by atoms with Crippen molar-refractivity contribution in [2.45, 2.75) is 20.3 Å². The Kier molecular flexibility index (Phi) is 4.93. The maximum atomic E-state index is 12.0. The summed E-state index contributed by atoms with van der Waals surface area (Å²) in [4.78, 5) is 14.3. The summed E-state index contributed by atoms with van der Waals surface area (Å²) < 4.78 is 0. The summed E-state index contributed by atoms with van der Waals surface area (Å²) in [5.74, 6) is 0.104. The summed E-state index contributed by atoms with van der Waals surface area (Å²) in [7, 11) is 0. The molecule has 0 bridgehead atoms. The molecule has 4 nitrogen and oxygen atoms in total. The topological polar surface area (TPSA) is 44.4 Å². The van der Waals surface area contributed by atoms with E-state index in [4.69, 9.17) is 0 Å². The first-order valence-corrected chi connectivity index (χ1v) is 6.95. The zero-order valence-electron chi connectivity index (χ0n) is 11.8. The lowest BCUT2D eigenvalue weighted by Crippen LogP contribution is -2.44. The van der Waals surface area contributed by atoms with E-state index >= 15 is 0 Å². The Morgan fingerprint density at radius 3 is 2.79 bits per heavy atom. The highest BCUT2D eigenvalue weighted by atomic mass is 16.1. The van der Waals surface area contributed by atoms with Gasteiger partial charge in [-0.25, -0.2) is 0 Å². The lowest BCUT2D eigenvalue weighted by Gasteiger charge is -2.26. The minimum absolute atomic E-state index is 0.104. The minimum Gasteiger partial charge on any atom is -0.326 e. The van der Waals surface area contributed by atoms with Crippen molar-refractivity contribution in [1.82, 2.24) is 10.2 Å². The van der Waals surface area contributed by atoms with E-state index in [1.807, 2.05) is 26.0 Å². The highest BCUT2D eigenvalue weighted by Crippen LogP contribution is 2.16. The van der Waals surface area contributed by atoms with Gasteiger partial charge in [0, 0.05) is 44.8 Å². The Labute approximate surface area is 115 Å². The molecule has 0 spiro atoms. The van der Waals surface area contributed by atoms with Gasteiger partial charge in [0.05, 0.1) is 0 Å². The molecule has 1 saturated heterocycles. The van der Waals surface area contributed by atoms with Crippen LogP contribution < -0.4 is 10.6 Å². The number of hydrogen-bond donors (Lipinski definition) is 2. The number of piperazine rings is 1. The van der Waals surface area contributed by atoms with Crippen LogP contribution in [0.1, 0.15) is 17.5 Å². The standard InChI is InChI=1S/C15H23N3O/c1-12-3-4-13(2)14(11-12)17-15(19)5-8-18-9-6-16-7-10-18/h3-4,11,16H,5-10H2,1-2H3,(H,17,19). The van der Waals surface area contributed by atoms with E-state index in [2.05, 4.69) is 21.6 Å². The Morgan fingerprint density at radius 1 is 1.32 bits per heavy atom. The summed E-state index contributed by atoms with van der Waals surface area (Å²) in [6, 6.07) is 6.13. The molecule has 0 unspecified atom stereocenters. The summed E-state index contributed by atoms with van der Waals surface area (Å²) in [6.07, 6.45) is 0.563. The molecule has 0 aliphatic carbocycles. The van der Waals surface area contributed by atoms with Gasteiger partial charge in [-0.3, -0.25) is 4.79 Å². The Hall–Kier alpha value is -1.39. The van der Waals surface area contributed by atoms with Gasteiger partial charge in [0.25, 0.3) is 0 Å². The number of hydrogen-bond acceptors (Lipinski definition) is 3. The fourth-order valence-electron chi connectivity index (χ4n) is 2.28. The van der Waals surface area contributed by atoms with E-state index in [0.29, 0.717) is 6.42 Å². The van der Waals surface area contributed by atoms with Gasteiger partial charge in [-0.05, 0) is 31.0 Å². The number of rotatable bonds is 4. The fraction of sp³-hybridized carbons (Fsp3) is 0.533. The highest BCUT2D eigenvalue weighted by Gasteiger charge is 2.11. The molecule has 1 amide bonds. The van der Waals surface area contributed by atoms with Crippen molar-refractivity contribution in [3.63, 3.8) is 0 Å². The van der Waals surface area contributed by atoms with Crippen LogP contribution >= 0.6 is 0 Å². The molecule has 19 heavy (non-hydrogen) atoms. The van der Waals surface area contributed by atoms with Crippen LogP contribution in [0.4, 0.5) is 5.69 Å². The van der Waals surface area contributed by atoms with E-state index in [1.54, 1.807) is 0 Å². The highest BCUT2D eigenvalue weighted by molar-refractivity contribution is 5.91. The van der Waals surface area contributed by atoms with Gasteiger partial charge in [-0.15, -0.1) is 0 Å². The van der Waals surface area contributed by atoms with Gasteiger partial charge in [-0.2, -0.15) is 0 Å². The Balaban J connectivity index is 1.81. The second kappa shape index (κ2) is 6.68. The molecule has 0 saturated carbocycles. The first-order valence-electron chi connectivity index (χ1n) is 6.95. The van der Waals surface area contributed by atoms with Crippen LogP contribution in [-0.4, -0.2) is 43.5 Å². The zero-order chi connectivity index (χ0) is 13.7. The number of nitrogens with one attached hydrogen (secondary N) is 2. The molecule has 2 N–H and O–H groups in total. The minimum atomic E-state index is 0.104. The van der Waals surface area contributed by atoms with E-state index < -0.39 is 0 Å². The molecule has 1 aliphatic rings. The van der Waals surface area contributed by atoms with Crippen molar-refractivity contribution in [1.29, 1.82) is 0 Å². The number of anilines is 1. The van der Waals surface area contributed by atoms with Crippen molar-refractivity contribution >= 4 is 11.6 Å². The van der Waals surface area contributed by atoms with Gasteiger partial charge < -0.3 is 15.5 Å². The van der Waals surface area contributed by atoms with E-state index in [1.165, 1.54) is 5.56 Å². The number of amides is 1. The average Bonchev–Trinajstić information content (AvgIpc) is 2.42. The molecule has 104 valence electrons. The lowest BCUT2D eigenvalue weighted by molar-refractivity contribution is -0.116. The predicted molar refractivity (Wildman–Crippen MR) is 78.5 cm³/mol. The zero-order valence-corrected chi connectivity index (χ0v) is 11.8. The van der Waals surface area contributed by atoms with Gasteiger partial charge in [0.15, 0.2) is 0 Å². The van der Waals surface area contributed by atoms with Gasteiger partial charge >= 0.3 is 0 Å². The van der Waals surface area contributed by atoms with Crippen LogP contribution in [0.3, 0.4) is 0 Å². The summed E-state index contributed by atoms with van der Waals surface area (Å²) in [6.45, 7) is 9.03. The lowest BCUT2D eigenvalue weighted by atomic mass is 10.1. The van der Waals surface area contributed by atoms with Crippen LogP contribution in [0.15, 0.2) is 18.2 Å². The van der Waals surface area contributed by atoms with Crippen molar-refractivity contribution in [3.8, 4) is 0 Å². The van der Waals surface area contributed by atoms with Crippen LogP contribution in [0.5, 0.6) is 0 Å². The third-order valence-electron chi connectivity index (χ3n) is 3.53. The largest absolute Gasteiger partial charge is 0.326 e. The number of nitrogens with zero attached hydrogens (tertiary/aromatic N) is 1. The van der Waals surface area contributed by atoms with Crippen LogP contribution in [-0.2, 0) is 4.79 Å². The molecular weight excluding hydrogens is 238 g/mol. The summed E-state index contributed by atoms with van der Waals surface area (Å²) >= 11 is 0. The predicted octanol–water partition coefficient (Wildman–Crippen LogP) is 1.54. The summed E-state index contributed by atoms with van der Waals surface area (Å²) in [5.41, 5.74) is 3.22. The van der Waals surface area contributed by atoms with Crippen molar-refractivity contribution in [2.24, 2.45) is 0 Å². The second-order valence-corrected chi connectivity index (χ2v) is 5.21. The van der Waals surface area contributed by atoms with Gasteiger partial charge in [0.1, 0.15) is 0 Å². The maximum Gasteiger partial charge on any atom is 0.225 e. The van der Waals surface area contributed by atoms with Crippen molar-refractivity contribution < 1.29 is 4.79 Å². The van der Waals surface area contributed by atoms with Crippen molar-refractivity contribution in [2.75, 3.05) is 38.0 Å². The maximum absolute atomic E-state index is 12.0. The van der Waals surface area contributed by atoms with Gasteiger partial charge in [0.2, 0.25) is 5.91 Å². The van der Waals surface area contributed by atoms with E-state index in [9.17, 15) is 4.79 Å². The molecule has 1 heterocycles. The number of benzene rings is 1. The van der Waals surface area contributed by atoms with E-state index in [0.717, 1.165) is 44.0 Å². The van der Waals surface area contributed by atoms with Crippen molar-refractivity contribution in [3.05, 3.63) is 29.3 Å². The summed E-state index contributed by atoms with van der Waals surface area (Å²) in [5, 5.41) is 6.32. The number of aryl methyl sites for hydroxylation is 2. The first-order chi connectivity index (χ1) is 9.15. The van der Waals surface area contributed by atoms with Crippen LogP contribution in [0.25, 0.3) is 0 Å². The third kappa shape index (κ3) is 4.33. The molecule has 1 aliphatic heterocycles. The molecule has 4 heteroatoms. The monoisotopic (exact) mass is 261 g/mol. The fourth-order valence-corrected chi connectivity index (χ4v) is 2.28. The number of carbonyl (C=O) groups is 1. The number of carbonyl (C=O) groups excluding carboxylic acids is 1. The average molecular weight is 261 g/mol. The molecule has 0 aromatic heterocycles. The molecule has 2 rings (SSSR count). The first kappa shape index (κ1) is 14.0. The van der Waals surface area contributed by atoms with Crippen LogP contribution in [0, 0.1) is 13.8 Å². The normalized spacial score (nSPS) is 16.3. The molecule has 1 fully saturated rings.